The van der Waals surface area contributed by atoms with Crippen LogP contribution in [0.15, 0.2) is 30.3 Å². The zero-order valence-electron chi connectivity index (χ0n) is 14.6. The Morgan fingerprint density at radius 2 is 1.88 bits per heavy atom. The van der Waals surface area contributed by atoms with Gasteiger partial charge in [0.2, 0.25) is 5.91 Å². The summed E-state index contributed by atoms with van der Waals surface area (Å²) in [5, 5.41) is 12.5. The number of thiol groups is 1. The van der Waals surface area contributed by atoms with E-state index >= 15 is 0 Å². The highest BCUT2D eigenvalue weighted by Gasteiger charge is 2.49. The van der Waals surface area contributed by atoms with Crippen molar-refractivity contribution in [3.8, 4) is 0 Å². The summed E-state index contributed by atoms with van der Waals surface area (Å²) in [5.74, 6) is -1.65. The van der Waals surface area contributed by atoms with Gasteiger partial charge in [0.15, 0.2) is 0 Å². The molecule has 0 fully saturated rings. The molecule has 1 aromatic carbocycles. The number of ether oxygens (including phenoxy) is 1. The summed E-state index contributed by atoms with van der Waals surface area (Å²) in [6.45, 7) is 3.49. The van der Waals surface area contributed by atoms with Gasteiger partial charge < -0.3 is 9.84 Å². The minimum atomic E-state index is -1.77. The minimum absolute atomic E-state index is 0.0911. The number of nitrogens with zero attached hydrogens (tertiary/aromatic N) is 2. The second-order valence-electron chi connectivity index (χ2n) is 5.80. The Morgan fingerprint density at radius 3 is 2.29 bits per heavy atom. The fraction of sp³-hybridized carbons (Fsp3) is 0.529. The van der Waals surface area contributed by atoms with E-state index in [0.717, 1.165) is 5.56 Å². The Bertz CT molecular complexity index is 553. The first kappa shape index (κ1) is 20.5. The van der Waals surface area contributed by atoms with Crippen LogP contribution in [0.5, 0.6) is 0 Å². The summed E-state index contributed by atoms with van der Waals surface area (Å²) in [5.41, 5.74) is -0.932. The van der Waals surface area contributed by atoms with E-state index in [-0.39, 0.29) is 18.9 Å². The second-order valence-corrected chi connectivity index (χ2v) is 6.16. The van der Waals surface area contributed by atoms with E-state index in [4.69, 9.17) is 4.74 Å². The highest BCUT2D eigenvalue weighted by atomic mass is 32.1. The van der Waals surface area contributed by atoms with Gasteiger partial charge in [0, 0.05) is 32.2 Å². The number of hydrogen-bond donors (Lipinski definition) is 2. The number of benzene rings is 1. The van der Waals surface area contributed by atoms with Gasteiger partial charge in [-0.25, -0.2) is 14.8 Å². The van der Waals surface area contributed by atoms with Crippen molar-refractivity contribution in [3.05, 3.63) is 35.9 Å². The summed E-state index contributed by atoms with van der Waals surface area (Å²) in [6, 6.07) is 9.27. The zero-order valence-corrected chi connectivity index (χ0v) is 15.5. The van der Waals surface area contributed by atoms with E-state index in [2.05, 4.69) is 12.6 Å². The van der Waals surface area contributed by atoms with Crippen molar-refractivity contribution in [1.82, 2.24) is 10.0 Å². The van der Waals surface area contributed by atoms with Crippen molar-refractivity contribution in [1.29, 1.82) is 0 Å². The molecule has 1 rings (SSSR count). The van der Waals surface area contributed by atoms with Crippen LogP contribution in [0, 0.1) is 5.92 Å². The molecular weight excluding hydrogens is 328 g/mol. The van der Waals surface area contributed by atoms with Crippen LogP contribution in [0.25, 0.3) is 0 Å². The van der Waals surface area contributed by atoms with E-state index in [1.54, 1.807) is 27.9 Å². The average molecular weight is 354 g/mol. The minimum Gasteiger partial charge on any atom is -0.478 e. The van der Waals surface area contributed by atoms with Gasteiger partial charge in [-0.1, -0.05) is 44.2 Å². The molecule has 1 amide bonds. The quantitative estimate of drug-likeness (QED) is 0.404. The van der Waals surface area contributed by atoms with Crippen LogP contribution in [0.1, 0.15) is 25.8 Å². The molecule has 24 heavy (non-hydrogen) atoms. The molecule has 1 N–H and O–H groups in total. The Labute approximate surface area is 148 Å². The Balaban J connectivity index is 3.19. The van der Waals surface area contributed by atoms with Gasteiger partial charge in [-0.2, -0.15) is 12.6 Å². The molecule has 6 nitrogen and oxygen atoms in total. The van der Waals surface area contributed by atoms with Gasteiger partial charge in [0.05, 0.1) is 6.61 Å². The van der Waals surface area contributed by atoms with E-state index in [1.165, 1.54) is 10.0 Å². The number of carboxylic acids is 1. The van der Waals surface area contributed by atoms with E-state index in [1.807, 2.05) is 30.3 Å². The lowest BCUT2D eigenvalue weighted by atomic mass is 10.1. The van der Waals surface area contributed by atoms with Crippen molar-refractivity contribution < 1.29 is 19.4 Å². The van der Waals surface area contributed by atoms with E-state index < -0.39 is 17.6 Å². The topological polar surface area (TPSA) is 70.1 Å². The van der Waals surface area contributed by atoms with Gasteiger partial charge >= 0.3 is 5.97 Å². The molecule has 0 radical (unpaired) electrons. The molecule has 0 heterocycles. The monoisotopic (exact) mass is 354 g/mol. The molecular formula is C17H26N2O4S. The number of carbonyl (C=O) groups excluding carboxylic acids is 1. The van der Waals surface area contributed by atoms with Crippen LogP contribution in [-0.4, -0.2) is 52.6 Å². The van der Waals surface area contributed by atoms with Crippen LogP contribution in [-0.2, 0) is 20.9 Å². The molecule has 7 heteroatoms. The van der Waals surface area contributed by atoms with Gasteiger partial charge in [0.25, 0.3) is 5.72 Å². The van der Waals surface area contributed by atoms with Gasteiger partial charge in [0.1, 0.15) is 0 Å². The molecule has 1 unspecified atom stereocenters. The van der Waals surface area contributed by atoms with Crippen LogP contribution < -0.4 is 0 Å². The zero-order chi connectivity index (χ0) is 18.3. The Hall–Kier alpha value is -1.57. The Kier molecular flexibility index (Phi) is 7.72. The summed E-state index contributed by atoms with van der Waals surface area (Å²) in [4.78, 5) is 24.8. The predicted molar refractivity (Wildman–Crippen MR) is 95.4 cm³/mol. The normalized spacial score (nSPS) is 14.9. The lowest BCUT2D eigenvalue weighted by Gasteiger charge is -2.43. The van der Waals surface area contributed by atoms with Crippen LogP contribution >= 0.6 is 12.6 Å². The van der Waals surface area contributed by atoms with Crippen molar-refractivity contribution in [2.45, 2.75) is 32.6 Å². The number of aliphatic carboxylic acids is 1. The third kappa shape index (κ3) is 4.49. The fourth-order valence-electron chi connectivity index (χ4n) is 2.38. The molecule has 0 aliphatic rings. The largest absolute Gasteiger partial charge is 0.478 e. The summed E-state index contributed by atoms with van der Waals surface area (Å²) in [7, 11) is 3.25. The first-order valence-electron chi connectivity index (χ1n) is 7.83. The number of carboxylic acid groups (broad SMARTS) is 1. The van der Waals surface area contributed by atoms with Gasteiger partial charge in [-0.3, -0.25) is 4.79 Å². The SMILES string of the molecule is CCC(OCc1ccccc1)(C(=O)O)N(C(=O)[C@H](C)CS)N(C)C. The summed E-state index contributed by atoms with van der Waals surface area (Å²) >= 11 is 4.15. The highest BCUT2D eigenvalue weighted by Crippen LogP contribution is 2.27. The van der Waals surface area contributed by atoms with Gasteiger partial charge in [-0.15, -0.1) is 0 Å². The van der Waals surface area contributed by atoms with E-state index in [9.17, 15) is 14.7 Å². The third-order valence-electron chi connectivity index (χ3n) is 3.78. The Morgan fingerprint density at radius 1 is 1.29 bits per heavy atom. The second kappa shape index (κ2) is 9.05. The summed E-state index contributed by atoms with van der Waals surface area (Å²) in [6.07, 6.45) is 0.110. The van der Waals surface area contributed by atoms with Crippen molar-refractivity contribution in [2.75, 3.05) is 19.8 Å². The highest BCUT2D eigenvalue weighted by molar-refractivity contribution is 7.80. The number of amides is 1. The lowest BCUT2D eigenvalue weighted by molar-refractivity contribution is -0.239. The first-order chi connectivity index (χ1) is 11.3. The molecule has 0 aromatic heterocycles. The molecule has 0 saturated heterocycles. The molecule has 1 aromatic rings. The van der Waals surface area contributed by atoms with Crippen molar-refractivity contribution in [2.24, 2.45) is 5.92 Å². The third-order valence-corrected chi connectivity index (χ3v) is 4.33. The molecule has 0 aliphatic heterocycles. The maximum absolute atomic E-state index is 12.7. The maximum atomic E-state index is 12.7. The van der Waals surface area contributed by atoms with Crippen molar-refractivity contribution in [3.63, 3.8) is 0 Å². The van der Waals surface area contributed by atoms with Crippen LogP contribution in [0.2, 0.25) is 0 Å². The van der Waals surface area contributed by atoms with Crippen LogP contribution in [0.3, 0.4) is 0 Å². The number of hydrazine groups is 1. The molecule has 134 valence electrons. The smallest absolute Gasteiger partial charge is 0.359 e. The maximum Gasteiger partial charge on any atom is 0.359 e. The molecule has 0 saturated carbocycles. The standard InChI is InChI=1S/C17H26N2O4S/c1-5-17(16(21)22,23-11-14-9-7-6-8-10-14)19(18(3)4)15(20)13(2)12-24/h6-10,13,24H,5,11-12H2,1-4H3,(H,21,22)/t13-,17?/m1/s1. The number of hydrogen-bond acceptors (Lipinski definition) is 5. The average Bonchev–Trinajstić information content (AvgIpc) is 2.57. The summed E-state index contributed by atoms with van der Waals surface area (Å²) < 4.78 is 5.80. The van der Waals surface area contributed by atoms with Gasteiger partial charge in [-0.05, 0) is 5.56 Å². The van der Waals surface area contributed by atoms with E-state index in [0.29, 0.717) is 5.75 Å². The van der Waals surface area contributed by atoms with Crippen LogP contribution in [0.4, 0.5) is 0 Å². The molecule has 0 bridgehead atoms. The predicted octanol–water partition coefficient (Wildman–Crippen LogP) is 2.27. The lowest BCUT2D eigenvalue weighted by Crippen LogP contribution is -2.64. The molecule has 0 spiro atoms. The number of rotatable bonds is 9. The fourth-order valence-corrected chi connectivity index (χ4v) is 2.53. The first-order valence-corrected chi connectivity index (χ1v) is 8.46. The number of carbonyl (C=O) groups is 2. The van der Waals surface area contributed by atoms with Crippen molar-refractivity contribution >= 4 is 24.5 Å². The molecule has 0 aliphatic carbocycles. The molecule has 2 atom stereocenters.